The van der Waals surface area contributed by atoms with E-state index in [4.69, 9.17) is 0 Å². The summed E-state index contributed by atoms with van der Waals surface area (Å²) in [7, 11) is 1.33. The molecule has 0 aliphatic carbocycles. The van der Waals surface area contributed by atoms with Crippen molar-refractivity contribution in [2.24, 2.45) is 0 Å². The standard InChI is InChI=1S/C13H19N3O2/c1-18-13(17)15-12-7-6-11(10-14-12)16-8-4-2-3-5-9-16/h6-7,10H,2-5,8-9H2,1H3,(H,14,15,17). The van der Waals surface area contributed by atoms with Crippen LogP contribution in [0.5, 0.6) is 0 Å². The van der Waals surface area contributed by atoms with Crippen LogP contribution in [0.1, 0.15) is 25.7 Å². The molecule has 2 rings (SSSR count). The lowest BCUT2D eigenvalue weighted by molar-refractivity contribution is 0.187. The number of pyridine rings is 1. The smallest absolute Gasteiger partial charge is 0.412 e. The first-order chi connectivity index (χ1) is 8.79. The minimum absolute atomic E-state index is 0.495. The molecule has 0 aromatic carbocycles. The fraction of sp³-hybridized carbons (Fsp3) is 0.538. The molecule has 1 amide bonds. The molecule has 1 N–H and O–H groups in total. The number of hydrogen-bond donors (Lipinski definition) is 1. The number of ether oxygens (including phenoxy) is 1. The first-order valence-corrected chi connectivity index (χ1v) is 6.35. The fourth-order valence-electron chi connectivity index (χ4n) is 2.13. The quantitative estimate of drug-likeness (QED) is 0.875. The minimum atomic E-state index is -0.495. The van der Waals surface area contributed by atoms with Gasteiger partial charge in [-0.25, -0.2) is 9.78 Å². The molecule has 2 heterocycles. The highest BCUT2D eigenvalue weighted by atomic mass is 16.5. The van der Waals surface area contributed by atoms with Gasteiger partial charge >= 0.3 is 6.09 Å². The topological polar surface area (TPSA) is 54.5 Å². The van der Waals surface area contributed by atoms with Crippen LogP contribution in [0, 0.1) is 0 Å². The van der Waals surface area contributed by atoms with Gasteiger partial charge in [-0.1, -0.05) is 12.8 Å². The summed E-state index contributed by atoms with van der Waals surface area (Å²) < 4.78 is 4.52. The Morgan fingerprint density at radius 2 is 2.00 bits per heavy atom. The number of nitrogens with one attached hydrogen (secondary N) is 1. The summed E-state index contributed by atoms with van der Waals surface area (Å²) in [5.74, 6) is 0.514. The van der Waals surface area contributed by atoms with Gasteiger partial charge in [-0.3, -0.25) is 5.32 Å². The van der Waals surface area contributed by atoms with Gasteiger partial charge in [0.25, 0.3) is 0 Å². The van der Waals surface area contributed by atoms with E-state index in [9.17, 15) is 4.79 Å². The first-order valence-electron chi connectivity index (χ1n) is 6.35. The van der Waals surface area contributed by atoms with Gasteiger partial charge in [0.05, 0.1) is 19.0 Å². The van der Waals surface area contributed by atoms with Crippen molar-refractivity contribution in [1.82, 2.24) is 4.98 Å². The van der Waals surface area contributed by atoms with Gasteiger partial charge in [0.15, 0.2) is 0 Å². The van der Waals surface area contributed by atoms with Crippen LogP contribution < -0.4 is 10.2 Å². The zero-order valence-corrected chi connectivity index (χ0v) is 10.7. The van der Waals surface area contributed by atoms with Crippen LogP contribution in [-0.4, -0.2) is 31.3 Å². The molecule has 1 aromatic heterocycles. The summed E-state index contributed by atoms with van der Waals surface area (Å²) in [5, 5.41) is 2.54. The van der Waals surface area contributed by atoms with E-state index < -0.39 is 6.09 Å². The molecule has 0 radical (unpaired) electrons. The van der Waals surface area contributed by atoms with E-state index in [0.717, 1.165) is 18.8 Å². The molecule has 1 saturated heterocycles. The fourth-order valence-corrected chi connectivity index (χ4v) is 2.13. The number of carbonyl (C=O) groups is 1. The number of anilines is 2. The van der Waals surface area contributed by atoms with Crippen LogP contribution in [0.4, 0.5) is 16.3 Å². The lowest BCUT2D eigenvalue weighted by Crippen LogP contribution is -2.24. The Morgan fingerprint density at radius 1 is 1.28 bits per heavy atom. The van der Waals surface area contributed by atoms with Crippen molar-refractivity contribution >= 4 is 17.6 Å². The van der Waals surface area contributed by atoms with Crippen LogP contribution >= 0.6 is 0 Å². The van der Waals surface area contributed by atoms with E-state index in [1.165, 1.54) is 32.8 Å². The van der Waals surface area contributed by atoms with Gasteiger partial charge in [0, 0.05) is 13.1 Å². The van der Waals surface area contributed by atoms with Crippen LogP contribution in [-0.2, 0) is 4.74 Å². The number of rotatable bonds is 2. The Morgan fingerprint density at radius 3 is 2.56 bits per heavy atom. The average molecular weight is 249 g/mol. The second-order valence-electron chi connectivity index (χ2n) is 4.42. The molecule has 0 saturated carbocycles. The molecular formula is C13H19N3O2. The molecule has 0 bridgehead atoms. The van der Waals surface area contributed by atoms with Crippen molar-refractivity contribution in [2.45, 2.75) is 25.7 Å². The van der Waals surface area contributed by atoms with Crippen molar-refractivity contribution < 1.29 is 9.53 Å². The lowest BCUT2D eigenvalue weighted by atomic mass is 10.2. The number of amides is 1. The van der Waals surface area contributed by atoms with Crippen molar-refractivity contribution in [1.29, 1.82) is 0 Å². The summed E-state index contributed by atoms with van der Waals surface area (Å²) in [5.41, 5.74) is 1.12. The molecule has 1 aromatic rings. The predicted octanol–water partition coefficient (Wildman–Crippen LogP) is 2.64. The third kappa shape index (κ3) is 3.35. The van der Waals surface area contributed by atoms with Crippen molar-refractivity contribution in [3.05, 3.63) is 18.3 Å². The van der Waals surface area contributed by atoms with Crippen molar-refractivity contribution in [3.8, 4) is 0 Å². The molecule has 0 atom stereocenters. The van der Waals surface area contributed by atoms with E-state index in [2.05, 4.69) is 19.9 Å². The molecular weight excluding hydrogens is 230 g/mol. The Hall–Kier alpha value is -1.78. The maximum atomic E-state index is 11.0. The Bertz CT molecular complexity index is 384. The van der Waals surface area contributed by atoms with E-state index >= 15 is 0 Å². The molecule has 5 nitrogen and oxygen atoms in total. The maximum absolute atomic E-state index is 11.0. The zero-order chi connectivity index (χ0) is 12.8. The van der Waals surface area contributed by atoms with Crippen molar-refractivity contribution in [3.63, 3.8) is 0 Å². The summed E-state index contributed by atoms with van der Waals surface area (Å²) >= 11 is 0. The van der Waals surface area contributed by atoms with Crippen molar-refractivity contribution in [2.75, 3.05) is 30.4 Å². The molecule has 1 aliphatic heterocycles. The van der Waals surface area contributed by atoms with E-state index in [1.807, 2.05) is 6.07 Å². The highest BCUT2D eigenvalue weighted by Crippen LogP contribution is 2.19. The normalized spacial score (nSPS) is 15.9. The van der Waals surface area contributed by atoms with Gasteiger partial charge in [-0.15, -0.1) is 0 Å². The van der Waals surface area contributed by atoms with E-state index in [0.29, 0.717) is 5.82 Å². The Labute approximate surface area is 107 Å². The molecule has 0 unspecified atom stereocenters. The van der Waals surface area contributed by atoms with Gasteiger partial charge in [-0.05, 0) is 25.0 Å². The van der Waals surface area contributed by atoms with Crippen LogP contribution in [0.3, 0.4) is 0 Å². The minimum Gasteiger partial charge on any atom is -0.453 e. The maximum Gasteiger partial charge on any atom is 0.412 e. The summed E-state index contributed by atoms with van der Waals surface area (Å²) in [6.45, 7) is 2.18. The monoisotopic (exact) mass is 249 g/mol. The summed E-state index contributed by atoms with van der Waals surface area (Å²) in [6, 6.07) is 3.79. The Kier molecular flexibility index (Phi) is 4.39. The largest absolute Gasteiger partial charge is 0.453 e. The van der Waals surface area contributed by atoms with E-state index in [-0.39, 0.29) is 0 Å². The van der Waals surface area contributed by atoms with Crippen LogP contribution in [0.2, 0.25) is 0 Å². The van der Waals surface area contributed by atoms with Gasteiger partial charge in [0.2, 0.25) is 0 Å². The number of carbonyl (C=O) groups excluding carboxylic acids is 1. The molecule has 5 heteroatoms. The number of nitrogens with zero attached hydrogens (tertiary/aromatic N) is 2. The number of hydrogen-bond acceptors (Lipinski definition) is 4. The van der Waals surface area contributed by atoms with Crippen LogP contribution in [0.25, 0.3) is 0 Å². The van der Waals surface area contributed by atoms with Gasteiger partial charge in [-0.2, -0.15) is 0 Å². The SMILES string of the molecule is COC(=O)Nc1ccc(N2CCCCCC2)cn1. The molecule has 18 heavy (non-hydrogen) atoms. The third-order valence-corrected chi connectivity index (χ3v) is 3.13. The average Bonchev–Trinajstić information content (AvgIpc) is 2.68. The Balaban J connectivity index is 1.99. The lowest BCUT2D eigenvalue weighted by Gasteiger charge is -2.22. The van der Waals surface area contributed by atoms with E-state index in [1.54, 1.807) is 12.3 Å². The predicted molar refractivity (Wildman–Crippen MR) is 70.9 cm³/mol. The summed E-state index contributed by atoms with van der Waals surface area (Å²) in [6.07, 6.45) is 6.41. The molecule has 1 fully saturated rings. The summed E-state index contributed by atoms with van der Waals surface area (Å²) in [4.78, 5) is 17.6. The second kappa shape index (κ2) is 6.23. The second-order valence-corrected chi connectivity index (χ2v) is 4.42. The highest BCUT2D eigenvalue weighted by Gasteiger charge is 2.10. The van der Waals surface area contributed by atoms with Gasteiger partial charge < -0.3 is 9.64 Å². The van der Waals surface area contributed by atoms with Crippen LogP contribution in [0.15, 0.2) is 18.3 Å². The molecule has 0 spiro atoms. The first kappa shape index (κ1) is 12.7. The molecule has 98 valence electrons. The highest BCUT2D eigenvalue weighted by molar-refractivity contribution is 5.83. The zero-order valence-electron chi connectivity index (χ0n) is 10.7. The number of methoxy groups -OCH3 is 1. The molecule has 1 aliphatic rings. The number of aromatic nitrogens is 1. The van der Waals surface area contributed by atoms with Gasteiger partial charge in [0.1, 0.15) is 5.82 Å². The third-order valence-electron chi connectivity index (χ3n) is 3.13.